The highest BCUT2D eigenvalue weighted by atomic mass is 16.5. The van der Waals surface area contributed by atoms with Crippen LogP contribution in [0.15, 0.2) is 33.7 Å². The van der Waals surface area contributed by atoms with Crippen LogP contribution in [-0.2, 0) is 17.9 Å². The van der Waals surface area contributed by atoms with E-state index in [0.717, 1.165) is 5.56 Å². The van der Waals surface area contributed by atoms with Crippen LogP contribution in [0.4, 0.5) is 0 Å². The largest absolute Gasteiger partial charge is 0.377 e. The third kappa shape index (κ3) is 2.82. The van der Waals surface area contributed by atoms with E-state index in [4.69, 9.17) is 9.26 Å². The summed E-state index contributed by atoms with van der Waals surface area (Å²) in [5, 5.41) is 3.88. The second-order valence-corrected chi connectivity index (χ2v) is 3.89. The van der Waals surface area contributed by atoms with Crippen LogP contribution in [0, 0.1) is 6.92 Å². The fourth-order valence-electron chi connectivity index (χ4n) is 1.55. The number of hydrogen-bond donors (Lipinski definition) is 0. The van der Waals surface area contributed by atoms with Crippen LogP contribution in [0.5, 0.6) is 0 Å². The molecule has 0 saturated heterocycles. The lowest BCUT2D eigenvalue weighted by Gasteiger charge is -2.02. The molecule has 0 saturated carbocycles. The van der Waals surface area contributed by atoms with Crippen molar-refractivity contribution < 1.29 is 9.26 Å². The molecule has 0 spiro atoms. The minimum Gasteiger partial charge on any atom is -0.377 e. The van der Waals surface area contributed by atoms with Gasteiger partial charge in [-0.1, -0.05) is 5.16 Å². The molecule has 0 amide bonds. The maximum Gasteiger partial charge on any atom is 0.251 e. The van der Waals surface area contributed by atoms with Crippen molar-refractivity contribution in [2.75, 3.05) is 7.11 Å². The lowest BCUT2D eigenvalue weighted by Crippen LogP contribution is -2.19. The van der Waals surface area contributed by atoms with E-state index in [9.17, 15) is 4.79 Å². The Labute approximate surface area is 98.6 Å². The van der Waals surface area contributed by atoms with Gasteiger partial charge in [-0.15, -0.1) is 0 Å². The molecule has 0 unspecified atom stereocenters. The monoisotopic (exact) mass is 234 g/mol. The predicted molar refractivity (Wildman–Crippen MR) is 61.8 cm³/mol. The molecule has 0 N–H and O–H groups in total. The van der Waals surface area contributed by atoms with E-state index in [1.807, 2.05) is 13.0 Å². The Morgan fingerprint density at radius 2 is 2.29 bits per heavy atom. The fourth-order valence-corrected chi connectivity index (χ4v) is 1.55. The second kappa shape index (κ2) is 4.97. The topological polar surface area (TPSA) is 57.3 Å². The molecule has 0 radical (unpaired) electrons. The molecule has 2 aromatic rings. The quantitative estimate of drug-likeness (QED) is 0.801. The maximum absolute atomic E-state index is 11.7. The third-order valence-corrected chi connectivity index (χ3v) is 2.38. The average molecular weight is 234 g/mol. The first-order valence-corrected chi connectivity index (χ1v) is 5.29. The van der Waals surface area contributed by atoms with E-state index >= 15 is 0 Å². The first-order chi connectivity index (χ1) is 8.19. The van der Waals surface area contributed by atoms with Gasteiger partial charge in [0, 0.05) is 25.4 Å². The van der Waals surface area contributed by atoms with Crippen molar-refractivity contribution in [3.05, 3.63) is 51.8 Å². The lowest BCUT2D eigenvalue weighted by molar-refractivity contribution is 0.155. The van der Waals surface area contributed by atoms with Crippen molar-refractivity contribution in [1.82, 2.24) is 9.72 Å². The molecule has 0 bridgehead atoms. The van der Waals surface area contributed by atoms with E-state index in [1.54, 1.807) is 30.0 Å². The van der Waals surface area contributed by atoms with Crippen molar-refractivity contribution in [2.24, 2.45) is 0 Å². The van der Waals surface area contributed by atoms with Gasteiger partial charge in [-0.2, -0.15) is 0 Å². The second-order valence-electron chi connectivity index (χ2n) is 3.89. The van der Waals surface area contributed by atoms with Gasteiger partial charge in [-0.05, 0) is 18.6 Å². The molecule has 0 aliphatic rings. The van der Waals surface area contributed by atoms with Crippen LogP contribution < -0.4 is 5.56 Å². The molecule has 0 fully saturated rings. The van der Waals surface area contributed by atoms with E-state index in [0.29, 0.717) is 24.6 Å². The summed E-state index contributed by atoms with van der Waals surface area (Å²) in [7, 11) is 1.59. The number of nitrogens with zero attached hydrogens (tertiary/aromatic N) is 2. The van der Waals surface area contributed by atoms with E-state index in [1.165, 1.54) is 0 Å². The molecule has 2 aromatic heterocycles. The zero-order valence-electron chi connectivity index (χ0n) is 9.84. The number of hydrogen-bond acceptors (Lipinski definition) is 4. The van der Waals surface area contributed by atoms with Gasteiger partial charge < -0.3 is 13.8 Å². The highest BCUT2D eigenvalue weighted by Gasteiger charge is 2.05. The SMILES string of the molecule is COCc1cc(Cn2ccc(C)cc2=O)no1. The Bertz CT molecular complexity index is 557. The van der Waals surface area contributed by atoms with E-state index < -0.39 is 0 Å². The Morgan fingerprint density at radius 1 is 1.47 bits per heavy atom. The van der Waals surface area contributed by atoms with Gasteiger partial charge >= 0.3 is 0 Å². The number of aromatic nitrogens is 2. The van der Waals surface area contributed by atoms with Gasteiger partial charge in [0.25, 0.3) is 5.56 Å². The summed E-state index contributed by atoms with van der Waals surface area (Å²) in [5.41, 5.74) is 1.62. The van der Waals surface area contributed by atoms with Gasteiger partial charge in [0.2, 0.25) is 0 Å². The van der Waals surface area contributed by atoms with Gasteiger partial charge in [-0.25, -0.2) is 0 Å². The van der Waals surface area contributed by atoms with Crippen molar-refractivity contribution in [1.29, 1.82) is 0 Å². The van der Waals surface area contributed by atoms with Crippen molar-refractivity contribution in [2.45, 2.75) is 20.1 Å². The molecule has 0 aliphatic carbocycles. The summed E-state index contributed by atoms with van der Waals surface area (Å²) in [4.78, 5) is 11.7. The molecule has 0 atom stereocenters. The summed E-state index contributed by atoms with van der Waals surface area (Å²) in [5.74, 6) is 0.655. The number of pyridine rings is 1. The fraction of sp³-hybridized carbons (Fsp3) is 0.333. The third-order valence-electron chi connectivity index (χ3n) is 2.38. The summed E-state index contributed by atoms with van der Waals surface area (Å²) >= 11 is 0. The van der Waals surface area contributed by atoms with Crippen LogP contribution in [0.3, 0.4) is 0 Å². The Balaban J connectivity index is 2.16. The Morgan fingerprint density at radius 3 is 3.00 bits per heavy atom. The molecule has 5 heteroatoms. The Kier molecular flexibility index (Phi) is 3.39. The molecular weight excluding hydrogens is 220 g/mol. The summed E-state index contributed by atoms with van der Waals surface area (Å²) < 4.78 is 11.6. The molecule has 0 aromatic carbocycles. The Hall–Kier alpha value is -1.88. The van der Waals surface area contributed by atoms with Crippen molar-refractivity contribution in [3.63, 3.8) is 0 Å². The minimum absolute atomic E-state index is 0.0405. The lowest BCUT2D eigenvalue weighted by atomic mass is 10.3. The zero-order valence-corrected chi connectivity index (χ0v) is 9.84. The van der Waals surface area contributed by atoms with Gasteiger partial charge in [-0.3, -0.25) is 4.79 Å². The highest BCUT2D eigenvalue weighted by molar-refractivity contribution is 5.10. The standard InChI is InChI=1S/C12H14N2O3/c1-9-3-4-14(12(15)5-9)7-10-6-11(8-16-2)17-13-10/h3-6H,7-8H2,1-2H3. The molecule has 5 nitrogen and oxygen atoms in total. The average Bonchev–Trinajstić information content (AvgIpc) is 2.71. The summed E-state index contributed by atoms with van der Waals surface area (Å²) in [6, 6.07) is 5.27. The molecule has 2 rings (SSSR count). The smallest absolute Gasteiger partial charge is 0.251 e. The maximum atomic E-state index is 11.7. The highest BCUT2D eigenvalue weighted by Crippen LogP contribution is 2.05. The number of methoxy groups -OCH3 is 1. The van der Waals surface area contributed by atoms with E-state index in [-0.39, 0.29) is 5.56 Å². The van der Waals surface area contributed by atoms with Crippen LogP contribution in [0.25, 0.3) is 0 Å². The summed E-state index contributed by atoms with van der Waals surface area (Å²) in [6.45, 7) is 2.68. The predicted octanol–water partition coefficient (Wildman–Crippen LogP) is 1.34. The van der Waals surface area contributed by atoms with Gasteiger partial charge in [0.1, 0.15) is 12.3 Å². The van der Waals surface area contributed by atoms with Crippen LogP contribution in [0.2, 0.25) is 0 Å². The number of aryl methyl sites for hydroxylation is 1. The number of ether oxygens (including phenoxy) is 1. The minimum atomic E-state index is -0.0405. The first-order valence-electron chi connectivity index (χ1n) is 5.29. The zero-order chi connectivity index (χ0) is 12.3. The van der Waals surface area contributed by atoms with Crippen LogP contribution in [-0.4, -0.2) is 16.8 Å². The summed E-state index contributed by atoms with van der Waals surface area (Å²) in [6.07, 6.45) is 1.75. The van der Waals surface area contributed by atoms with Gasteiger partial charge in [0.05, 0.1) is 6.54 Å². The van der Waals surface area contributed by atoms with Crippen LogP contribution in [0.1, 0.15) is 17.0 Å². The van der Waals surface area contributed by atoms with Crippen LogP contribution >= 0.6 is 0 Å². The molecule has 0 aliphatic heterocycles. The van der Waals surface area contributed by atoms with Gasteiger partial charge in [0.15, 0.2) is 5.76 Å². The normalized spacial score (nSPS) is 10.7. The first kappa shape index (κ1) is 11.6. The molecule has 17 heavy (non-hydrogen) atoms. The molecular formula is C12H14N2O3. The van der Waals surface area contributed by atoms with E-state index in [2.05, 4.69) is 5.16 Å². The molecule has 2 heterocycles. The number of rotatable bonds is 4. The molecule has 90 valence electrons. The van der Waals surface area contributed by atoms with Crippen molar-refractivity contribution in [3.8, 4) is 0 Å². The van der Waals surface area contributed by atoms with Crippen molar-refractivity contribution >= 4 is 0 Å².